The third kappa shape index (κ3) is 18.6. The number of amides is 8. The van der Waals surface area contributed by atoms with Crippen LogP contribution in [-0.4, -0.2) is 134 Å². The molecule has 0 aliphatic carbocycles. The number of thiol groups is 2. The summed E-state index contributed by atoms with van der Waals surface area (Å²) in [5.74, 6) is -7.35. The van der Waals surface area contributed by atoms with Gasteiger partial charge < -0.3 is 69.6 Å². The second-order valence-electron chi connectivity index (χ2n) is 19.4. The highest BCUT2D eigenvalue weighted by molar-refractivity contribution is 7.81. The lowest BCUT2D eigenvalue weighted by Gasteiger charge is -2.32. The smallest absolute Gasteiger partial charge is 0.244 e. The molecule has 9 atom stereocenters. The summed E-state index contributed by atoms with van der Waals surface area (Å²) in [6.07, 6.45) is 1.12. The molecule has 1 aromatic heterocycles. The summed E-state index contributed by atoms with van der Waals surface area (Å²) in [6, 6.07) is 11.8. The van der Waals surface area contributed by atoms with Crippen molar-refractivity contribution >= 4 is 83.4 Å². The van der Waals surface area contributed by atoms with E-state index in [9.17, 15) is 48.6 Å². The second-order valence-corrected chi connectivity index (χ2v) is 20.9. The second kappa shape index (κ2) is 28.9. The van der Waals surface area contributed by atoms with Gasteiger partial charge in [0, 0.05) is 40.4 Å². The number of hydrogen-bond acceptors (Lipinski definition) is 14. The number of H-pyrrole nitrogens is 1. The van der Waals surface area contributed by atoms with Crippen molar-refractivity contribution in [3.05, 3.63) is 102 Å². The zero-order valence-corrected chi connectivity index (χ0v) is 44.6. The number of para-hydroxylation sites is 1. The predicted molar refractivity (Wildman–Crippen MR) is 291 cm³/mol. The van der Waals surface area contributed by atoms with E-state index in [0.29, 0.717) is 24.0 Å². The van der Waals surface area contributed by atoms with Crippen LogP contribution in [0.4, 0.5) is 0 Å². The maximum absolute atomic E-state index is 14.8. The quantitative estimate of drug-likeness (QED) is 0.0251. The van der Waals surface area contributed by atoms with E-state index in [2.05, 4.69) is 67.5 Å². The monoisotopic (exact) mass is 1080 g/mol. The number of carbonyl (C=O) groups is 8. The van der Waals surface area contributed by atoms with Gasteiger partial charge in [-0.2, -0.15) is 25.3 Å². The number of benzene rings is 3. The van der Waals surface area contributed by atoms with E-state index in [0.717, 1.165) is 16.5 Å². The molecular weight excluding hydrogens is 1000 g/mol. The lowest BCUT2D eigenvalue weighted by molar-refractivity contribution is -0.136. The Morgan fingerprint density at radius 2 is 1.16 bits per heavy atom. The van der Waals surface area contributed by atoms with E-state index in [-0.39, 0.29) is 43.7 Å². The Bertz CT molecular complexity index is 2580. The number of aliphatic hydroxyl groups excluding tert-OH is 1. The van der Waals surface area contributed by atoms with Gasteiger partial charge in [0.15, 0.2) is 0 Å². The molecular formula is C52H73N11O10S2. The Morgan fingerprint density at radius 1 is 0.627 bits per heavy atom. The number of phenolic OH excluding ortho intramolecular Hbond substituents is 1. The minimum atomic E-state index is -1.46. The summed E-state index contributed by atoms with van der Waals surface area (Å²) in [5.41, 5.74) is 20.1. The van der Waals surface area contributed by atoms with Crippen LogP contribution in [0.25, 0.3) is 10.9 Å². The van der Waals surface area contributed by atoms with E-state index < -0.39 is 112 Å². The molecule has 3 aromatic carbocycles. The van der Waals surface area contributed by atoms with Gasteiger partial charge in [0.2, 0.25) is 47.3 Å². The normalized spacial score (nSPS) is 15.1. The third-order valence-corrected chi connectivity index (χ3v) is 13.0. The SMILES string of the molecule is CC(C)[C@H](NC(=O)[C@H](CCCCN)NC(=O)[C@@H](Cc1c[nH]c2ccccc12)NC(=O)[C@H](Cc1ccc(O)cc1)NC(=O)[C@@H](NC(=O)[C@H](N)Cc1ccccc1)C(C)(C)S)C(=O)N[C@@H](CS)C(=O)N[C@H](C(N)=O)[C@@H](C)O. The number of fused-ring (bicyclic) bond motifs is 1. The van der Waals surface area contributed by atoms with E-state index in [1.54, 1.807) is 52.1 Å². The third-order valence-electron chi connectivity index (χ3n) is 12.4. The van der Waals surface area contributed by atoms with E-state index in [1.165, 1.54) is 19.1 Å². The number of hydrogen-bond donors (Lipinski definition) is 15. The average molecular weight is 1080 g/mol. The molecule has 0 aliphatic heterocycles. The van der Waals surface area contributed by atoms with Crippen molar-refractivity contribution in [2.45, 2.75) is 132 Å². The highest BCUT2D eigenvalue weighted by Gasteiger charge is 2.39. The van der Waals surface area contributed by atoms with Gasteiger partial charge in [0.05, 0.1) is 12.1 Å². The molecule has 16 N–H and O–H groups in total. The number of nitrogens with two attached hydrogens (primary N) is 3. The summed E-state index contributed by atoms with van der Waals surface area (Å²) in [4.78, 5) is 114. The molecule has 21 nitrogen and oxygen atoms in total. The van der Waals surface area contributed by atoms with Crippen LogP contribution < -0.4 is 54.4 Å². The first kappa shape index (κ1) is 60.9. The van der Waals surface area contributed by atoms with Crippen LogP contribution in [0.15, 0.2) is 85.1 Å². The number of unbranched alkanes of at least 4 members (excludes halogenated alkanes) is 1. The van der Waals surface area contributed by atoms with Crippen LogP contribution in [0, 0.1) is 5.92 Å². The Kier molecular flexibility index (Phi) is 23.4. The number of aromatic nitrogens is 1. The molecule has 1 heterocycles. The highest BCUT2D eigenvalue weighted by atomic mass is 32.1. The Hall–Kier alpha value is -6.66. The molecule has 8 amide bonds. The van der Waals surface area contributed by atoms with Crippen molar-refractivity contribution in [2.75, 3.05) is 12.3 Å². The van der Waals surface area contributed by atoms with E-state index >= 15 is 0 Å². The number of aliphatic hydroxyl groups is 1. The zero-order chi connectivity index (χ0) is 55.6. The van der Waals surface area contributed by atoms with Crippen LogP contribution in [0.1, 0.15) is 70.6 Å². The fourth-order valence-corrected chi connectivity index (χ4v) is 8.51. The molecule has 0 bridgehead atoms. The van der Waals surface area contributed by atoms with Gasteiger partial charge in [0.25, 0.3) is 0 Å². The van der Waals surface area contributed by atoms with Crippen molar-refractivity contribution < 1.29 is 48.6 Å². The van der Waals surface area contributed by atoms with Gasteiger partial charge in [-0.05, 0) is 93.8 Å². The van der Waals surface area contributed by atoms with Gasteiger partial charge in [-0.25, -0.2) is 0 Å². The number of primary amides is 1. The van der Waals surface area contributed by atoms with Crippen LogP contribution in [0.3, 0.4) is 0 Å². The molecule has 0 spiro atoms. The summed E-state index contributed by atoms with van der Waals surface area (Å²) < 4.78 is -1.20. The average Bonchev–Trinajstić information content (AvgIpc) is 3.77. The van der Waals surface area contributed by atoms with Crippen molar-refractivity contribution in [3.63, 3.8) is 0 Å². The van der Waals surface area contributed by atoms with E-state index in [1.807, 2.05) is 48.5 Å². The molecule has 4 aromatic rings. The number of rotatable bonds is 29. The Balaban J connectivity index is 1.66. The molecule has 408 valence electrons. The molecule has 0 saturated carbocycles. The van der Waals surface area contributed by atoms with Crippen LogP contribution in [0.5, 0.6) is 5.75 Å². The van der Waals surface area contributed by atoms with Crippen LogP contribution in [-0.2, 0) is 57.6 Å². The van der Waals surface area contributed by atoms with Crippen LogP contribution >= 0.6 is 25.3 Å². The lowest BCUT2D eigenvalue weighted by Crippen LogP contribution is -2.63. The summed E-state index contributed by atoms with van der Waals surface area (Å²) in [7, 11) is 0. The first-order chi connectivity index (χ1) is 35.4. The minimum absolute atomic E-state index is 0.0472. The number of carbonyl (C=O) groups excluding carboxylic acids is 8. The first-order valence-electron chi connectivity index (χ1n) is 24.7. The van der Waals surface area contributed by atoms with E-state index in [4.69, 9.17) is 17.2 Å². The topological polar surface area (TPSA) is 355 Å². The number of nitrogens with one attached hydrogen (secondary N) is 8. The summed E-state index contributed by atoms with van der Waals surface area (Å²) >= 11 is 8.83. The summed E-state index contributed by atoms with van der Waals surface area (Å²) in [6.45, 7) is 8.02. The lowest BCUT2D eigenvalue weighted by atomic mass is 9.98. The minimum Gasteiger partial charge on any atom is -0.508 e. The molecule has 0 fully saturated rings. The number of phenols is 1. The standard InChI is InChI=1S/C52H73N11O10S2/c1-28(2)41(50(72)60-40(27-74)49(71)62-42(29(3)64)44(55)66)61-46(68)37(17-11-12-22-53)57-48(70)39(25-32-26-56-36-16-10-9-15-34(32)36)58-47(69)38(24-31-18-20-33(65)21-19-31)59-51(73)43(52(4,5)75)63-45(67)35(54)23-30-13-7-6-8-14-30/h6-10,13-16,18-21,26,28-29,35,37-43,56,64-65,74-75H,11-12,17,22-25,27,53-54H2,1-5H3,(H2,55,66)(H,57,70)(H,58,69)(H,59,73)(H,60,72)(H,61,68)(H,62,71)(H,63,67)/t29-,35-,37+,38+,39-,40+,41+,42+,43-/m1/s1. The van der Waals surface area contributed by atoms with Gasteiger partial charge in [-0.15, -0.1) is 0 Å². The van der Waals surface area contributed by atoms with Gasteiger partial charge in [0.1, 0.15) is 48.0 Å². The first-order valence-corrected chi connectivity index (χ1v) is 25.8. The maximum Gasteiger partial charge on any atom is 0.244 e. The van der Waals surface area contributed by atoms with Gasteiger partial charge in [-0.1, -0.05) is 74.5 Å². The van der Waals surface area contributed by atoms with Crippen molar-refractivity contribution in [1.82, 2.24) is 42.2 Å². The van der Waals surface area contributed by atoms with Crippen LogP contribution in [0.2, 0.25) is 0 Å². The molecule has 75 heavy (non-hydrogen) atoms. The van der Waals surface area contributed by atoms with Crippen molar-refractivity contribution in [1.29, 1.82) is 0 Å². The van der Waals surface area contributed by atoms with Gasteiger partial charge >= 0.3 is 0 Å². The fraction of sp³-hybridized carbons (Fsp3) is 0.462. The number of aromatic amines is 1. The predicted octanol–water partition coefficient (Wildman–Crippen LogP) is -0.0884. The molecule has 0 saturated heterocycles. The number of aromatic hydroxyl groups is 1. The Labute approximate surface area is 447 Å². The maximum atomic E-state index is 14.8. The molecule has 0 radical (unpaired) electrons. The van der Waals surface area contributed by atoms with Crippen molar-refractivity contribution in [2.24, 2.45) is 23.1 Å². The van der Waals surface area contributed by atoms with Crippen molar-refractivity contribution in [3.8, 4) is 5.75 Å². The van der Waals surface area contributed by atoms with Gasteiger partial charge in [-0.3, -0.25) is 38.4 Å². The molecule has 4 rings (SSSR count). The highest BCUT2D eigenvalue weighted by Crippen LogP contribution is 2.22. The largest absolute Gasteiger partial charge is 0.508 e. The molecule has 23 heteroatoms. The fourth-order valence-electron chi connectivity index (χ4n) is 8.07. The summed E-state index contributed by atoms with van der Waals surface area (Å²) in [5, 5.41) is 39.4. The Morgan fingerprint density at radius 3 is 1.75 bits per heavy atom. The zero-order valence-electron chi connectivity index (χ0n) is 42.8. The molecule has 0 aliphatic rings. The molecule has 0 unspecified atom stereocenters.